The van der Waals surface area contributed by atoms with Gasteiger partial charge in [0, 0.05) is 19.0 Å². The Morgan fingerprint density at radius 3 is 2.43 bits per heavy atom. The number of amides is 2. The minimum Gasteiger partial charge on any atom is -0.444 e. The van der Waals surface area contributed by atoms with Gasteiger partial charge in [-0.3, -0.25) is 9.69 Å². The van der Waals surface area contributed by atoms with Crippen molar-refractivity contribution in [1.82, 2.24) is 4.90 Å². The predicted molar refractivity (Wildman–Crippen MR) is 108 cm³/mol. The van der Waals surface area contributed by atoms with Crippen LogP contribution in [0.2, 0.25) is 0 Å². The van der Waals surface area contributed by atoms with E-state index in [-0.39, 0.29) is 30.7 Å². The summed E-state index contributed by atoms with van der Waals surface area (Å²) in [5, 5.41) is 0. The molecule has 1 aliphatic heterocycles. The Kier molecular flexibility index (Phi) is 5.07. The Morgan fingerprint density at radius 2 is 1.75 bits per heavy atom. The van der Waals surface area contributed by atoms with E-state index in [1.807, 2.05) is 66.4 Å². The van der Waals surface area contributed by atoms with Gasteiger partial charge < -0.3 is 9.64 Å². The lowest BCUT2D eigenvalue weighted by molar-refractivity contribution is -0.132. The minimum absolute atomic E-state index is 0.00868. The SMILES string of the molecule is CC(=O)N(C1CC1)C1CC(C)N(C(=O)OCc2ccccc2)c2ccccc21. The van der Waals surface area contributed by atoms with Crippen LogP contribution in [0.4, 0.5) is 10.5 Å². The molecule has 0 spiro atoms. The first-order valence-corrected chi connectivity index (χ1v) is 9.94. The molecular formula is C23H26N2O3. The van der Waals surface area contributed by atoms with Crippen molar-refractivity contribution in [1.29, 1.82) is 0 Å². The molecule has 1 aliphatic carbocycles. The topological polar surface area (TPSA) is 49.9 Å². The number of rotatable bonds is 4. The number of para-hydroxylation sites is 1. The van der Waals surface area contributed by atoms with E-state index >= 15 is 0 Å². The molecule has 2 aliphatic rings. The summed E-state index contributed by atoms with van der Waals surface area (Å²) < 4.78 is 5.60. The first kappa shape index (κ1) is 18.5. The second-order valence-electron chi connectivity index (χ2n) is 7.73. The molecule has 0 bridgehead atoms. The van der Waals surface area contributed by atoms with Crippen LogP contribution >= 0.6 is 0 Å². The Bertz CT molecular complexity index is 863. The van der Waals surface area contributed by atoms with Crippen molar-refractivity contribution < 1.29 is 14.3 Å². The number of hydrogen-bond acceptors (Lipinski definition) is 3. The van der Waals surface area contributed by atoms with Gasteiger partial charge in [-0.05, 0) is 43.4 Å². The molecule has 1 saturated carbocycles. The molecule has 0 N–H and O–H groups in total. The summed E-state index contributed by atoms with van der Waals surface area (Å²) in [6.45, 7) is 3.92. The van der Waals surface area contributed by atoms with Crippen LogP contribution in [0.1, 0.15) is 50.3 Å². The smallest absolute Gasteiger partial charge is 0.414 e. The van der Waals surface area contributed by atoms with Gasteiger partial charge in [-0.1, -0.05) is 48.5 Å². The van der Waals surface area contributed by atoms with Crippen LogP contribution in [0, 0.1) is 0 Å². The van der Waals surface area contributed by atoms with Gasteiger partial charge in [-0.15, -0.1) is 0 Å². The maximum absolute atomic E-state index is 12.9. The number of benzene rings is 2. The molecule has 0 saturated heterocycles. The highest BCUT2D eigenvalue weighted by molar-refractivity contribution is 5.90. The van der Waals surface area contributed by atoms with Crippen LogP contribution in [-0.2, 0) is 16.1 Å². The molecule has 1 fully saturated rings. The Morgan fingerprint density at radius 1 is 1.07 bits per heavy atom. The zero-order valence-electron chi connectivity index (χ0n) is 16.4. The van der Waals surface area contributed by atoms with Gasteiger partial charge in [0.2, 0.25) is 5.91 Å². The van der Waals surface area contributed by atoms with Crippen molar-refractivity contribution in [2.24, 2.45) is 0 Å². The van der Waals surface area contributed by atoms with Crippen molar-refractivity contribution in [3.05, 3.63) is 65.7 Å². The number of anilines is 1. The lowest BCUT2D eigenvalue weighted by Crippen LogP contribution is -2.48. The van der Waals surface area contributed by atoms with Crippen LogP contribution in [0.3, 0.4) is 0 Å². The molecule has 1 heterocycles. The van der Waals surface area contributed by atoms with Gasteiger partial charge in [0.15, 0.2) is 0 Å². The van der Waals surface area contributed by atoms with Crippen molar-refractivity contribution in [2.75, 3.05) is 4.90 Å². The highest BCUT2D eigenvalue weighted by atomic mass is 16.6. The molecular weight excluding hydrogens is 352 g/mol. The zero-order chi connectivity index (χ0) is 19.7. The standard InChI is InChI=1S/C23H26N2O3/c1-16-14-22(25(17(2)26)19-12-13-19)20-10-6-7-11-21(20)24(16)23(27)28-15-18-8-4-3-5-9-18/h3-11,16,19,22H,12-15H2,1-2H3. The first-order chi connectivity index (χ1) is 13.6. The number of carbonyl (C=O) groups is 2. The summed E-state index contributed by atoms with van der Waals surface area (Å²) in [5.74, 6) is 0.106. The average Bonchev–Trinajstić information content (AvgIpc) is 3.52. The lowest BCUT2D eigenvalue weighted by Gasteiger charge is -2.43. The molecule has 146 valence electrons. The fraction of sp³-hybridized carbons (Fsp3) is 0.391. The van der Waals surface area contributed by atoms with Crippen LogP contribution in [-0.4, -0.2) is 29.0 Å². The van der Waals surface area contributed by atoms with E-state index in [0.29, 0.717) is 12.5 Å². The van der Waals surface area contributed by atoms with Gasteiger partial charge in [-0.25, -0.2) is 4.79 Å². The molecule has 0 aromatic heterocycles. The number of hydrogen-bond donors (Lipinski definition) is 0. The highest BCUT2D eigenvalue weighted by Gasteiger charge is 2.42. The summed E-state index contributed by atoms with van der Waals surface area (Å²) in [4.78, 5) is 29.0. The maximum Gasteiger partial charge on any atom is 0.414 e. The van der Waals surface area contributed by atoms with E-state index < -0.39 is 0 Å². The Balaban J connectivity index is 1.59. The fourth-order valence-corrected chi connectivity index (χ4v) is 4.20. The number of fused-ring (bicyclic) bond motifs is 1. The summed E-state index contributed by atoms with van der Waals surface area (Å²) in [7, 11) is 0. The molecule has 4 rings (SSSR count). The third-order valence-corrected chi connectivity index (χ3v) is 5.60. The maximum atomic E-state index is 12.9. The number of carbonyl (C=O) groups excluding carboxylic acids is 2. The molecule has 28 heavy (non-hydrogen) atoms. The number of nitrogens with zero attached hydrogens (tertiary/aromatic N) is 2. The Hall–Kier alpha value is -2.82. The van der Waals surface area contributed by atoms with E-state index in [4.69, 9.17) is 4.74 Å². The van der Waals surface area contributed by atoms with Crippen LogP contribution < -0.4 is 4.90 Å². The normalized spacial score (nSPS) is 21.0. The van der Waals surface area contributed by atoms with Crippen LogP contribution in [0.15, 0.2) is 54.6 Å². The molecule has 2 amide bonds. The third-order valence-electron chi connectivity index (χ3n) is 5.60. The van der Waals surface area contributed by atoms with Crippen molar-refractivity contribution in [2.45, 2.75) is 57.8 Å². The molecule has 2 aromatic rings. The van der Waals surface area contributed by atoms with Crippen molar-refractivity contribution in [3.8, 4) is 0 Å². The second kappa shape index (κ2) is 7.66. The van der Waals surface area contributed by atoms with Gasteiger partial charge in [-0.2, -0.15) is 0 Å². The van der Waals surface area contributed by atoms with E-state index in [1.165, 1.54) is 0 Å². The molecule has 0 radical (unpaired) electrons. The van der Waals surface area contributed by atoms with Crippen LogP contribution in [0.5, 0.6) is 0 Å². The van der Waals surface area contributed by atoms with Gasteiger partial charge in [0.05, 0.1) is 11.7 Å². The quantitative estimate of drug-likeness (QED) is 0.777. The molecule has 2 atom stereocenters. The summed E-state index contributed by atoms with van der Waals surface area (Å²) in [6.07, 6.45) is 2.50. The molecule has 2 unspecified atom stereocenters. The average molecular weight is 378 g/mol. The first-order valence-electron chi connectivity index (χ1n) is 9.94. The summed E-state index contributed by atoms with van der Waals surface area (Å²) in [5.41, 5.74) is 2.83. The zero-order valence-corrected chi connectivity index (χ0v) is 16.4. The van der Waals surface area contributed by atoms with Crippen molar-refractivity contribution in [3.63, 3.8) is 0 Å². The number of ether oxygens (including phenoxy) is 1. The van der Waals surface area contributed by atoms with E-state index in [2.05, 4.69) is 0 Å². The van der Waals surface area contributed by atoms with E-state index in [9.17, 15) is 9.59 Å². The third kappa shape index (κ3) is 3.61. The Labute approximate surface area is 165 Å². The van der Waals surface area contributed by atoms with Gasteiger partial charge in [0.25, 0.3) is 0 Å². The molecule has 5 nitrogen and oxygen atoms in total. The summed E-state index contributed by atoms with van der Waals surface area (Å²) >= 11 is 0. The lowest BCUT2D eigenvalue weighted by atomic mass is 9.90. The van der Waals surface area contributed by atoms with E-state index in [0.717, 1.165) is 29.7 Å². The monoisotopic (exact) mass is 378 g/mol. The van der Waals surface area contributed by atoms with Crippen molar-refractivity contribution >= 4 is 17.7 Å². The molecule has 2 aromatic carbocycles. The largest absolute Gasteiger partial charge is 0.444 e. The highest BCUT2D eigenvalue weighted by Crippen LogP contribution is 2.44. The summed E-state index contributed by atoms with van der Waals surface area (Å²) in [6, 6.07) is 17.9. The second-order valence-corrected chi connectivity index (χ2v) is 7.73. The van der Waals surface area contributed by atoms with Crippen LogP contribution in [0.25, 0.3) is 0 Å². The minimum atomic E-state index is -0.344. The fourth-order valence-electron chi connectivity index (χ4n) is 4.20. The van der Waals surface area contributed by atoms with Gasteiger partial charge >= 0.3 is 6.09 Å². The molecule has 5 heteroatoms. The predicted octanol–water partition coefficient (Wildman–Crippen LogP) is 4.67. The van der Waals surface area contributed by atoms with E-state index in [1.54, 1.807) is 11.8 Å². The van der Waals surface area contributed by atoms with Gasteiger partial charge in [0.1, 0.15) is 6.61 Å².